The van der Waals surface area contributed by atoms with Gasteiger partial charge in [-0.3, -0.25) is 9.09 Å². The van der Waals surface area contributed by atoms with Crippen LogP contribution in [0.1, 0.15) is 96.8 Å². The highest BCUT2D eigenvalue weighted by atomic mass is 79.9. The number of rotatable bonds is 14. The molecule has 0 amide bonds. The van der Waals surface area contributed by atoms with Gasteiger partial charge < -0.3 is 26.0 Å². The molecule has 28 heavy (non-hydrogen) atoms. The van der Waals surface area contributed by atoms with E-state index in [0.717, 1.165) is 24.0 Å². The summed E-state index contributed by atoms with van der Waals surface area (Å²) in [5.41, 5.74) is 0. The lowest BCUT2D eigenvalue weighted by Gasteiger charge is -2.36. The number of quaternary nitrogens is 1. The van der Waals surface area contributed by atoms with Gasteiger partial charge in [0.15, 0.2) is 0 Å². The lowest BCUT2D eigenvalue weighted by molar-refractivity contribution is -0.893. The largest absolute Gasteiger partial charge is 1.00 e. The Kier molecular flexibility index (Phi) is 16.6. The first-order chi connectivity index (χ1) is 12.8. The zero-order valence-electron chi connectivity index (χ0n) is 19.1. The van der Waals surface area contributed by atoms with Crippen LogP contribution in [-0.2, 0) is 13.6 Å². The minimum absolute atomic E-state index is 0. The lowest BCUT2D eigenvalue weighted by Crippen LogP contribution is -3.00. The van der Waals surface area contributed by atoms with Crippen LogP contribution in [-0.4, -0.2) is 51.0 Å². The van der Waals surface area contributed by atoms with Gasteiger partial charge in [-0.2, -0.15) is 0 Å². The average molecular weight is 485 g/mol. The first-order valence-corrected chi connectivity index (χ1v) is 13.6. The third-order valence-corrected chi connectivity index (χ3v) is 7.02. The van der Waals surface area contributed by atoms with E-state index in [-0.39, 0.29) is 23.1 Å². The molecule has 2 unspecified atom stereocenters. The standard InChI is InChI=1S/C22H47NO3P.BrH/c1-5-6-7-8-9-10-11-12-13-14-15-16-17-18-22-21-23(2,3)19-20-25-27(4,24)26-22;/h22H,5-21H2,1-4H3;1H/q+1;/p-1. The molecule has 170 valence electrons. The molecule has 0 radical (unpaired) electrons. The highest BCUT2D eigenvalue weighted by Gasteiger charge is 2.32. The Hall–Kier alpha value is 0.590. The van der Waals surface area contributed by atoms with Crippen LogP contribution in [0.25, 0.3) is 0 Å². The molecule has 0 saturated carbocycles. The van der Waals surface area contributed by atoms with Gasteiger partial charge in [-0.1, -0.05) is 90.4 Å². The monoisotopic (exact) mass is 483 g/mol. The van der Waals surface area contributed by atoms with Crippen LogP contribution in [0.3, 0.4) is 0 Å². The molecule has 2 atom stereocenters. The first-order valence-electron chi connectivity index (χ1n) is 11.6. The van der Waals surface area contributed by atoms with Crippen molar-refractivity contribution in [3.05, 3.63) is 0 Å². The maximum absolute atomic E-state index is 12.3. The van der Waals surface area contributed by atoms with Crippen LogP contribution in [0.15, 0.2) is 0 Å². The van der Waals surface area contributed by atoms with Crippen molar-refractivity contribution in [1.82, 2.24) is 0 Å². The summed E-state index contributed by atoms with van der Waals surface area (Å²) in [5.74, 6) is 0. The summed E-state index contributed by atoms with van der Waals surface area (Å²) in [4.78, 5) is 0. The van der Waals surface area contributed by atoms with E-state index in [9.17, 15) is 4.57 Å². The molecule has 1 aliphatic heterocycles. The van der Waals surface area contributed by atoms with Crippen molar-refractivity contribution in [3.63, 3.8) is 0 Å². The first kappa shape index (κ1) is 28.6. The van der Waals surface area contributed by atoms with Crippen molar-refractivity contribution in [2.75, 3.05) is 40.5 Å². The van der Waals surface area contributed by atoms with E-state index in [1.807, 2.05) is 0 Å². The van der Waals surface area contributed by atoms with Crippen LogP contribution < -0.4 is 17.0 Å². The van der Waals surface area contributed by atoms with Gasteiger partial charge in [-0.05, 0) is 6.42 Å². The van der Waals surface area contributed by atoms with Crippen molar-refractivity contribution >= 4 is 7.60 Å². The molecule has 6 heteroatoms. The van der Waals surface area contributed by atoms with Gasteiger partial charge in [-0.15, -0.1) is 0 Å². The molecule has 0 N–H and O–H groups in total. The topological polar surface area (TPSA) is 35.5 Å². The number of nitrogens with zero attached hydrogens (tertiary/aromatic N) is 1. The van der Waals surface area contributed by atoms with Crippen molar-refractivity contribution in [2.24, 2.45) is 0 Å². The van der Waals surface area contributed by atoms with Crippen molar-refractivity contribution in [2.45, 2.75) is 103 Å². The molecule has 0 bridgehead atoms. The Morgan fingerprint density at radius 2 is 1.32 bits per heavy atom. The van der Waals surface area contributed by atoms with E-state index >= 15 is 0 Å². The van der Waals surface area contributed by atoms with Gasteiger partial charge in [0.05, 0.1) is 14.1 Å². The van der Waals surface area contributed by atoms with E-state index in [0.29, 0.717) is 6.61 Å². The van der Waals surface area contributed by atoms with Gasteiger partial charge in [0, 0.05) is 6.66 Å². The maximum Gasteiger partial charge on any atom is 0.328 e. The molecule has 1 aliphatic rings. The molecule has 0 aromatic rings. The number of hydrogen-bond donors (Lipinski definition) is 0. The van der Waals surface area contributed by atoms with E-state index in [2.05, 4.69) is 21.0 Å². The highest BCUT2D eigenvalue weighted by molar-refractivity contribution is 7.53. The average Bonchev–Trinajstić information content (AvgIpc) is 2.56. The van der Waals surface area contributed by atoms with E-state index in [4.69, 9.17) is 9.05 Å². The maximum atomic E-state index is 12.3. The Morgan fingerprint density at radius 1 is 0.857 bits per heavy atom. The minimum Gasteiger partial charge on any atom is -1.00 e. The van der Waals surface area contributed by atoms with Crippen LogP contribution in [0, 0.1) is 0 Å². The molecule has 0 aliphatic carbocycles. The molecule has 1 saturated heterocycles. The molecule has 1 heterocycles. The number of likely N-dealkylation sites (N-methyl/N-ethyl adjacent to an activating group) is 1. The molecule has 1 fully saturated rings. The number of unbranched alkanes of at least 4 members (excludes halogenated alkanes) is 12. The highest BCUT2D eigenvalue weighted by Crippen LogP contribution is 2.46. The van der Waals surface area contributed by atoms with Crippen LogP contribution in [0.5, 0.6) is 0 Å². The van der Waals surface area contributed by atoms with Gasteiger partial charge >= 0.3 is 7.60 Å². The third kappa shape index (κ3) is 15.4. The molecule has 0 aromatic heterocycles. The van der Waals surface area contributed by atoms with Gasteiger partial charge in [-0.25, -0.2) is 0 Å². The SMILES string of the molecule is CCCCCCCCCCCCCCCC1C[N+](C)(C)CCOP(C)(=O)O1.[Br-]. The molecule has 1 rings (SSSR count). The van der Waals surface area contributed by atoms with Gasteiger partial charge in [0.25, 0.3) is 0 Å². The van der Waals surface area contributed by atoms with Crippen molar-refractivity contribution in [3.8, 4) is 0 Å². The summed E-state index contributed by atoms with van der Waals surface area (Å²) in [7, 11) is 1.54. The molecule has 0 spiro atoms. The molecular weight excluding hydrogens is 437 g/mol. The van der Waals surface area contributed by atoms with E-state index in [1.54, 1.807) is 6.66 Å². The third-order valence-electron chi connectivity index (χ3n) is 5.69. The zero-order valence-corrected chi connectivity index (χ0v) is 21.6. The van der Waals surface area contributed by atoms with Crippen LogP contribution in [0.4, 0.5) is 0 Å². The fourth-order valence-corrected chi connectivity index (χ4v) is 5.15. The minimum atomic E-state index is -2.87. The zero-order chi connectivity index (χ0) is 20.0. The predicted molar refractivity (Wildman–Crippen MR) is 117 cm³/mol. The second-order valence-corrected chi connectivity index (χ2v) is 11.2. The number of halogens is 1. The van der Waals surface area contributed by atoms with Crippen LogP contribution in [0.2, 0.25) is 0 Å². The molecular formula is C22H47BrNO3P. The normalized spacial score (nSPS) is 24.9. The van der Waals surface area contributed by atoms with Crippen molar-refractivity contribution < 1.29 is 35.1 Å². The van der Waals surface area contributed by atoms with Crippen LogP contribution >= 0.6 is 7.60 Å². The second kappa shape index (κ2) is 16.3. The van der Waals surface area contributed by atoms with E-state index < -0.39 is 7.60 Å². The summed E-state index contributed by atoms with van der Waals surface area (Å²) in [6.07, 6.45) is 18.8. The summed E-state index contributed by atoms with van der Waals surface area (Å²) >= 11 is 0. The summed E-state index contributed by atoms with van der Waals surface area (Å²) in [5, 5.41) is 0. The smallest absolute Gasteiger partial charge is 0.328 e. The summed E-state index contributed by atoms with van der Waals surface area (Å²) in [6.45, 7) is 6.25. The lowest BCUT2D eigenvalue weighted by atomic mass is 10.0. The number of hydrogen-bond acceptors (Lipinski definition) is 3. The predicted octanol–water partition coefficient (Wildman–Crippen LogP) is 3.79. The molecule has 0 aromatic carbocycles. The van der Waals surface area contributed by atoms with Gasteiger partial charge in [0.2, 0.25) is 0 Å². The summed E-state index contributed by atoms with van der Waals surface area (Å²) in [6, 6.07) is 0. The second-order valence-electron chi connectivity index (χ2n) is 9.21. The fourth-order valence-electron chi connectivity index (χ4n) is 3.96. The quantitative estimate of drug-likeness (QED) is 0.214. The Balaban J connectivity index is 0.00000729. The Morgan fingerprint density at radius 3 is 1.82 bits per heavy atom. The summed E-state index contributed by atoms with van der Waals surface area (Å²) < 4.78 is 24.5. The fraction of sp³-hybridized carbons (Fsp3) is 1.00. The van der Waals surface area contributed by atoms with Crippen molar-refractivity contribution in [1.29, 1.82) is 0 Å². The van der Waals surface area contributed by atoms with Gasteiger partial charge in [0.1, 0.15) is 25.8 Å². The molecule has 4 nitrogen and oxygen atoms in total. The Labute approximate surface area is 186 Å². The van der Waals surface area contributed by atoms with E-state index in [1.165, 1.54) is 83.5 Å². The Bertz CT molecular complexity index is 421.